The maximum atomic E-state index is 12.7. The molecule has 102 valence electrons. The summed E-state index contributed by atoms with van der Waals surface area (Å²) >= 11 is 0. The Bertz CT molecular complexity index is 363. The molecule has 0 spiro atoms. The Morgan fingerprint density at radius 3 is 2.56 bits per heavy atom. The van der Waals surface area contributed by atoms with Crippen LogP contribution in [0.25, 0.3) is 0 Å². The van der Waals surface area contributed by atoms with E-state index in [1.54, 1.807) is 0 Å². The number of rotatable bonds is 6. The fraction of sp³-hybridized carbons (Fsp3) is 0.538. The predicted octanol–water partition coefficient (Wildman–Crippen LogP) is 3.56. The van der Waals surface area contributed by atoms with Gasteiger partial charge in [-0.1, -0.05) is 18.2 Å². The summed E-state index contributed by atoms with van der Waals surface area (Å²) in [5.74, 6) is 0. The Morgan fingerprint density at radius 2 is 1.94 bits per heavy atom. The van der Waals surface area contributed by atoms with Gasteiger partial charge in [-0.15, -0.1) is 0 Å². The molecule has 0 saturated heterocycles. The van der Waals surface area contributed by atoms with Crippen molar-refractivity contribution < 1.29 is 23.0 Å². The molecule has 0 saturated carbocycles. The van der Waals surface area contributed by atoms with E-state index >= 15 is 0 Å². The van der Waals surface area contributed by atoms with Crippen molar-refractivity contribution in [2.45, 2.75) is 32.0 Å². The average molecular weight is 262 g/mol. The molecule has 0 fully saturated rings. The van der Waals surface area contributed by atoms with E-state index in [9.17, 15) is 18.3 Å². The Labute approximate surface area is 104 Å². The third-order valence-corrected chi connectivity index (χ3v) is 2.60. The summed E-state index contributed by atoms with van der Waals surface area (Å²) in [5.41, 5.74) is -0.838. The highest BCUT2D eigenvalue weighted by atomic mass is 19.4. The molecule has 1 aromatic rings. The molecule has 1 N–H and O–H groups in total. The lowest BCUT2D eigenvalue weighted by molar-refractivity contribution is -0.139. The normalized spacial score (nSPS) is 13.6. The molecule has 0 heterocycles. The molecule has 2 nitrogen and oxygen atoms in total. The first-order valence-corrected chi connectivity index (χ1v) is 5.88. The average Bonchev–Trinajstić information content (AvgIpc) is 2.33. The van der Waals surface area contributed by atoms with Gasteiger partial charge in [0.15, 0.2) is 0 Å². The molecule has 1 aromatic carbocycles. The summed E-state index contributed by atoms with van der Waals surface area (Å²) in [4.78, 5) is 0. The predicted molar refractivity (Wildman–Crippen MR) is 62.1 cm³/mol. The first-order valence-electron chi connectivity index (χ1n) is 5.88. The lowest BCUT2D eigenvalue weighted by Crippen LogP contribution is -2.12. The number of halogens is 3. The summed E-state index contributed by atoms with van der Waals surface area (Å²) in [6.07, 6.45) is -4.76. The van der Waals surface area contributed by atoms with E-state index in [2.05, 4.69) is 0 Å². The van der Waals surface area contributed by atoms with Crippen LogP contribution in [0.2, 0.25) is 0 Å². The van der Waals surface area contributed by atoms with Crippen LogP contribution in [-0.2, 0) is 10.9 Å². The van der Waals surface area contributed by atoms with Gasteiger partial charge in [-0.2, -0.15) is 13.2 Å². The molecule has 0 amide bonds. The van der Waals surface area contributed by atoms with Gasteiger partial charge in [0.2, 0.25) is 0 Å². The second-order valence-corrected chi connectivity index (χ2v) is 3.94. The van der Waals surface area contributed by atoms with Gasteiger partial charge >= 0.3 is 6.18 Å². The highest BCUT2D eigenvalue weighted by Crippen LogP contribution is 2.35. The number of aliphatic hydroxyl groups is 1. The van der Waals surface area contributed by atoms with Gasteiger partial charge in [0.25, 0.3) is 0 Å². The Hall–Kier alpha value is -1.07. The van der Waals surface area contributed by atoms with Gasteiger partial charge in [-0.3, -0.25) is 0 Å². The van der Waals surface area contributed by atoms with E-state index in [4.69, 9.17) is 4.74 Å². The van der Waals surface area contributed by atoms with E-state index in [0.29, 0.717) is 19.6 Å². The Morgan fingerprint density at radius 1 is 1.28 bits per heavy atom. The minimum Gasteiger partial charge on any atom is -0.388 e. The minimum absolute atomic E-state index is 0.0681. The number of hydrogen-bond acceptors (Lipinski definition) is 2. The SMILES string of the molecule is CCOCCCC(O)c1ccccc1C(F)(F)F. The van der Waals surface area contributed by atoms with E-state index in [-0.39, 0.29) is 12.0 Å². The van der Waals surface area contributed by atoms with Gasteiger partial charge in [0.1, 0.15) is 0 Å². The second kappa shape index (κ2) is 6.75. The van der Waals surface area contributed by atoms with Gasteiger partial charge < -0.3 is 9.84 Å². The first kappa shape index (κ1) is 15.0. The molecule has 1 unspecified atom stereocenters. The molecule has 0 aromatic heterocycles. The van der Waals surface area contributed by atoms with Crippen LogP contribution in [-0.4, -0.2) is 18.3 Å². The zero-order valence-electron chi connectivity index (χ0n) is 10.2. The van der Waals surface area contributed by atoms with Gasteiger partial charge in [-0.05, 0) is 31.4 Å². The van der Waals surface area contributed by atoms with E-state index < -0.39 is 17.8 Å². The summed E-state index contributed by atoms with van der Waals surface area (Å²) < 4.78 is 43.2. The lowest BCUT2D eigenvalue weighted by atomic mass is 9.99. The van der Waals surface area contributed by atoms with Crippen LogP contribution in [0.3, 0.4) is 0 Å². The zero-order valence-corrected chi connectivity index (χ0v) is 10.2. The van der Waals surface area contributed by atoms with Gasteiger partial charge in [-0.25, -0.2) is 0 Å². The molecular weight excluding hydrogens is 245 g/mol. The minimum atomic E-state index is -4.43. The number of hydrogen-bond donors (Lipinski definition) is 1. The zero-order chi connectivity index (χ0) is 13.6. The van der Waals surface area contributed by atoms with Gasteiger partial charge in [0.05, 0.1) is 11.7 Å². The van der Waals surface area contributed by atoms with Gasteiger partial charge in [0, 0.05) is 13.2 Å². The monoisotopic (exact) mass is 262 g/mol. The third kappa shape index (κ3) is 4.31. The molecular formula is C13H17F3O2. The van der Waals surface area contributed by atoms with Crippen molar-refractivity contribution in [2.75, 3.05) is 13.2 Å². The summed E-state index contributed by atoms with van der Waals surface area (Å²) in [6.45, 7) is 2.85. The Balaban J connectivity index is 2.70. The molecule has 0 aliphatic carbocycles. The lowest BCUT2D eigenvalue weighted by Gasteiger charge is -2.17. The quantitative estimate of drug-likeness (QED) is 0.794. The van der Waals surface area contributed by atoms with Crippen LogP contribution in [0.4, 0.5) is 13.2 Å². The van der Waals surface area contributed by atoms with Crippen molar-refractivity contribution in [3.63, 3.8) is 0 Å². The van der Waals surface area contributed by atoms with E-state index in [1.165, 1.54) is 18.2 Å². The van der Waals surface area contributed by atoms with Crippen molar-refractivity contribution in [2.24, 2.45) is 0 Å². The van der Waals surface area contributed by atoms with Crippen molar-refractivity contribution in [3.8, 4) is 0 Å². The molecule has 1 atom stereocenters. The highest BCUT2D eigenvalue weighted by Gasteiger charge is 2.34. The first-order chi connectivity index (χ1) is 8.46. The molecule has 1 rings (SSSR count). The topological polar surface area (TPSA) is 29.5 Å². The largest absolute Gasteiger partial charge is 0.416 e. The van der Waals surface area contributed by atoms with Crippen LogP contribution in [0.5, 0.6) is 0 Å². The number of alkyl halides is 3. The fourth-order valence-corrected chi connectivity index (χ4v) is 1.72. The van der Waals surface area contributed by atoms with Crippen molar-refractivity contribution in [3.05, 3.63) is 35.4 Å². The summed E-state index contributed by atoms with van der Waals surface area (Å²) in [5, 5.41) is 9.81. The molecule has 0 aliphatic heterocycles. The van der Waals surface area contributed by atoms with Crippen LogP contribution in [0, 0.1) is 0 Å². The molecule has 18 heavy (non-hydrogen) atoms. The van der Waals surface area contributed by atoms with Crippen LogP contribution in [0.15, 0.2) is 24.3 Å². The molecule has 0 radical (unpaired) electrons. The fourth-order valence-electron chi connectivity index (χ4n) is 1.72. The second-order valence-electron chi connectivity index (χ2n) is 3.94. The van der Waals surface area contributed by atoms with E-state index in [1.807, 2.05) is 6.92 Å². The number of ether oxygens (including phenoxy) is 1. The highest BCUT2D eigenvalue weighted by molar-refractivity contribution is 5.31. The van der Waals surface area contributed by atoms with Crippen molar-refractivity contribution >= 4 is 0 Å². The number of benzene rings is 1. The maximum absolute atomic E-state index is 12.7. The molecule has 0 bridgehead atoms. The smallest absolute Gasteiger partial charge is 0.388 e. The van der Waals surface area contributed by atoms with Crippen LogP contribution < -0.4 is 0 Å². The maximum Gasteiger partial charge on any atom is 0.416 e. The van der Waals surface area contributed by atoms with Crippen molar-refractivity contribution in [1.29, 1.82) is 0 Å². The van der Waals surface area contributed by atoms with Crippen molar-refractivity contribution in [1.82, 2.24) is 0 Å². The molecule has 0 aliphatic rings. The van der Waals surface area contributed by atoms with Crippen LogP contribution in [0.1, 0.15) is 37.0 Å². The van der Waals surface area contributed by atoms with E-state index in [0.717, 1.165) is 6.07 Å². The summed E-state index contributed by atoms with van der Waals surface area (Å²) in [6, 6.07) is 5.12. The summed E-state index contributed by atoms with van der Waals surface area (Å²) in [7, 11) is 0. The molecule has 5 heteroatoms. The van der Waals surface area contributed by atoms with Crippen LogP contribution >= 0.6 is 0 Å². The third-order valence-electron chi connectivity index (χ3n) is 2.60. The Kier molecular flexibility index (Phi) is 5.62. The standard InChI is InChI=1S/C13H17F3O2/c1-2-18-9-5-8-12(17)10-6-3-4-7-11(10)13(14,15)16/h3-4,6-7,12,17H,2,5,8-9H2,1H3. The number of aliphatic hydroxyl groups excluding tert-OH is 1.